The van der Waals surface area contributed by atoms with Gasteiger partial charge in [-0.3, -0.25) is 14.2 Å². The molecule has 1 amide bonds. The average Bonchev–Trinajstić information content (AvgIpc) is 3.15. The van der Waals surface area contributed by atoms with Crippen molar-refractivity contribution in [2.75, 3.05) is 13.1 Å². The highest BCUT2D eigenvalue weighted by Gasteiger charge is 2.27. The van der Waals surface area contributed by atoms with Crippen molar-refractivity contribution in [1.82, 2.24) is 19.0 Å². The fraction of sp³-hybridized carbons (Fsp3) is 0.381. The van der Waals surface area contributed by atoms with E-state index in [2.05, 4.69) is 4.98 Å². The highest BCUT2D eigenvalue weighted by molar-refractivity contribution is 5.93. The van der Waals surface area contributed by atoms with Gasteiger partial charge in [0.1, 0.15) is 17.4 Å². The van der Waals surface area contributed by atoms with Gasteiger partial charge in [-0.2, -0.15) is 0 Å². The first-order valence-corrected chi connectivity index (χ1v) is 9.96. The maximum absolute atomic E-state index is 12.8. The molecule has 2 aromatic heterocycles. The fourth-order valence-corrected chi connectivity index (χ4v) is 3.85. The number of likely N-dealkylation sites (tertiary alicyclic amines) is 1. The Morgan fingerprint density at radius 3 is 2.68 bits per heavy atom. The Kier molecular flexibility index (Phi) is 5.62. The van der Waals surface area contributed by atoms with E-state index in [1.54, 1.807) is 35.4 Å². The van der Waals surface area contributed by atoms with Crippen molar-refractivity contribution in [3.05, 3.63) is 63.1 Å². The minimum absolute atomic E-state index is 0.0772. The largest absolute Gasteiger partial charge is 0.490 e. The number of rotatable bonds is 5. The normalized spacial score (nSPS) is 15.0. The predicted octanol–water partition coefficient (Wildman–Crippen LogP) is 1.98. The van der Waals surface area contributed by atoms with Crippen LogP contribution in [0.4, 0.5) is 8.78 Å². The predicted molar refractivity (Wildman–Crippen MR) is 110 cm³/mol. The van der Waals surface area contributed by atoms with Crippen LogP contribution in [-0.2, 0) is 13.6 Å². The first kappa shape index (κ1) is 20.8. The Morgan fingerprint density at radius 2 is 1.97 bits per heavy atom. The van der Waals surface area contributed by atoms with E-state index in [9.17, 15) is 23.2 Å². The molecule has 0 unspecified atom stereocenters. The minimum Gasteiger partial charge on any atom is -0.490 e. The number of aromatic amines is 1. The molecule has 10 heteroatoms. The lowest BCUT2D eigenvalue weighted by molar-refractivity contribution is 0.0595. The summed E-state index contributed by atoms with van der Waals surface area (Å²) in [4.78, 5) is 40.3. The number of carbonyl (C=O) groups excluding carboxylic acids is 1. The number of fused-ring (bicyclic) bond motifs is 1. The summed E-state index contributed by atoms with van der Waals surface area (Å²) < 4.78 is 34.0. The zero-order chi connectivity index (χ0) is 22.1. The first-order valence-electron chi connectivity index (χ1n) is 9.96. The molecule has 3 aromatic rings. The van der Waals surface area contributed by atoms with Crippen molar-refractivity contribution >= 4 is 16.8 Å². The number of amides is 1. The minimum atomic E-state index is -2.44. The maximum Gasteiger partial charge on any atom is 0.328 e. The zero-order valence-electron chi connectivity index (χ0n) is 16.9. The molecule has 1 N–H and O–H groups in total. The van der Waals surface area contributed by atoms with Crippen LogP contribution >= 0.6 is 0 Å². The Labute approximate surface area is 175 Å². The molecule has 0 spiro atoms. The van der Waals surface area contributed by atoms with Crippen molar-refractivity contribution in [1.29, 1.82) is 0 Å². The van der Waals surface area contributed by atoms with Gasteiger partial charge in [-0.25, -0.2) is 13.6 Å². The number of piperidine rings is 1. The average molecular weight is 432 g/mol. The van der Waals surface area contributed by atoms with Crippen molar-refractivity contribution < 1.29 is 18.3 Å². The van der Waals surface area contributed by atoms with Gasteiger partial charge in [-0.1, -0.05) is 6.07 Å². The molecule has 1 aromatic carbocycles. The van der Waals surface area contributed by atoms with Crippen LogP contribution in [-0.4, -0.2) is 50.5 Å². The van der Waals surface area contributed by atoms with Crippen LogP contribution in [0.15, 0.2) is 46.2 Å². The molecule has 3 heterocycles. The molecule has 0 aliphatic carbocycles. The van der Waals surface area contributed by atoms with Crippen LogP contribution in [0.5, 0.6) is 5.75 Å². The number of hydrogen-bond acceptors (Lipinski definition) is 4. The number of halogens is 2. The summed E-state index contributed by atoms with van der Waals surface area (Å²) in [5, 5.41) is 0.762. The second-order valence-corrected chi connectivity index (χ2v) is 7.53. The van der Waals surface area contributed by atoms with Crippen molar-refractivity contribution in [3.8, 4) is 5.75 Å². The molecule has 31 heavy (non-hydrogen) atoms. The van der Waals surface area contributed by atoms with E-state index in [4.69, 9.17) is 4.74 Å². The standard InChI is InChI=1S/C21H22F2N4O4/c1-25-19(28)15(11-24-21(25)30)20(29)26-8-5-13(6-9-26)31-17-4-2-3-16-14(17)7-10-27(16)12-18(22)23/h2-4,7,10-11,13,18H,5-6,8-9,12H2,1H3,(H,24,30). The molecule has 4 rings (SSSR count). The summed E-state index contributed by atoms with van der Waals surface area (Å²) in [5.74, 6) is 0.186. The monoisotopic (exact) mass is 432 g/mol. The quantitative estimate of drug-likeness (QED) is 0.668. The number of ether oxygens (including phenoxy) is 1. The second kappa shape index (κ2) is 8.37. The lowest BCUT2D eigenvalue weighted by atomic mass is 10.1. The van der Waals surface area contributed by atoms with Gasteiger partial charge >= 0.3 is 5.69 Å². The number of H-pyrrole nitrogens is 1. The fourth-order valence-electron chi connectivity index (χ4n) is 3.85. The number of nitrogens with zero attached hydrogens (tertiary/aromatic N) is 3. The van der Waals surface area contributed by atoms with E-state index >= 15 is 0 Å². The molecule has 8 nitrogen and oxygen atoms in total. The Balaban J connectivity index is 1.44. The second-order valence-electron chi connectivity index (χ2n) is 7.53. The van der Waals surface area contributed by atoms with Crippen LogP contribution < -0.4 is 16.0 Å². The van der Waals surface area contributed by atoms with Gasteiger partial charge in [0.25, 0.3) is 17.9 Å². The van der Waals surface area contributed by atoms with Crippen molar-refractivity contribution in [3.63, 3.8) is 0 Å². The van der Waals surface area contributed by atoms with Gasteiger partial charge in [0, 0.05) is 50.8 Å². The molecule has 0 saturated carbocycles. The van der Waals surface area contributed by atoms with Crippen molar-refractivity contribution in [2.45, 2.75) is 31.9 Å². The SMILES string of the molecule is Cn1c(=O)[nH]cc(C(=O)N2CCC(Oc3cccc4c3ccn4CC(F)F)CC2)c1=O. The first-order chi connectivity index (χ1) is 14.8. The van der Waals surface area contributed by atoms with Crippen LogP contribution in [0.2, 0.25) is 0 Å². The number of hydrogen-bond donors (Lipinski definition) is 1. The van der Waals surface area contributed by atoms with E-state index in [-0.39, 0.29) is 18.2 Å². The van der Waals surface area contributed by atoms with E-state index in [1.807, 2.05) is 0 Å². The number of benzene rings is 1. The number of aromatic nitrogens is 3. The van der Waals surface area contributed by atoms with Gasteiger partial charge in [-0.05, 0) is 18.2 Å². The van der Waals surface area contributed by atoms with Gasteiger partial charge in [-0.15, -0.1) is 0 Å². The number of carbonyl (C=O) groups is 1. The summed E-state index contributed by atoms with van der Waals surface area (Å²) >= 11 is 0. The lowest BCUT2D eigenvalue weighted by Crippen LogP contribution is -2.45. The van der Waals surface area contributed by atoms with Crippen LogP contribution in [0.25, 0.3) is 10.9 Å². The summed E-state index contributed by atoms with van der Waals surface area (Å²) in [6.07, 6.45) is 1.30. The smallest absolute Gasteiger partial charge is 0.328 e. The van der Waals surface area contributed by atoms with E-state index in [0.29, 0.717) is 37.2 Å². The molecule has 0 radical (unpaired) electrons. The Morgan fingerprint density at radius 1 is 1.23 bits per heavy atom. The Hall–Kier alpha value is -3.43. The zero-order valence-corrected chi connectivity index (χ0v) is 16.9. The molecular weight excluding hydrogens is 410 g/mol. The molecule has 1 aliphatic rings. The summed E-state index contributed by atoms with van der Waals surface area (Å²) in [6.45, 7) is 0.417. The summed E-state index contributed by atoms with van der Waals surface area (Å²) in [6, 6.07) is 7.11. The molecule has 1 fully saturated rings. The van der Waals surface area contributed by atoms with Crippen LogP contribution in [0, 0.1) is 0 Å². The highest BCUT2D eigenvalue weighted by Crippen LogP contribution is 2.29. The number of alkyl halides is 2. The molecular formula is C21H22F2N4O4. The molecule has 1 aliphatic heterocycles. The molecule has 164 valence electrons. The van der Waals surface area contributed by atoms with E-state index in [0.717, 1.165) is 16.2 Å². The Bertz CT molecular complexity index is 1220. The number of nitrogens with one attached hydrogen (secondary N) is 1. The van der Waals surface area contributed by atoms with E-state index in [1.165, 1.54) is 11.6 Å². The van der Waals surface area contributed by atoms with Crippen LogP contribution in [0.3, 0.4) is 0 Å². The maximum atomic E-state index is 12.8. The lowest BCUT2D eigenvalue weighted by Gasteiger charge is -2.32. The topological polar surface area (TPSA) is 89.3 Å². The molecule has 0 atom stereocenters. The molecule has 1 saturated heterocycles. The van der Waals surface area contributed by atoms with E-state index < -0.39 is 23.6 Å². The summed E-state index contributed by atoms with van der Waals surface area (Å²) in [7, 11) is 1.31. The van der Waals surface area contributed by atoms with Gasteiger partial charge in [0.05, 0.1) is 12.1 Å². The third-order valence-electron chi connectivity index (χ3n) is 5.54. The third-order valence-corrected chi connectivity index (χ3v) is 5.54. The van der Waals surface area contributed by atoms with Crippen molar-refractivity contribution in [2.24, 2.45) is 7.05 Å². The van der Waals surface area contributed by atoms with Gasteiger partial charge < -0.3 is 19.2 Å². The highest BCUT2D eigenvalue weighted by atomic mass is 19.3. The van der Waals surface area contributed by atoms with Gasteiger partial charge in [0.2, 0.25) is 0 Å². The summed E-state index contributed by atoms with van der Waals surface area (Å²) in [5.41, 5.74) is -0.608. The third kappa shape index (κ3) is 4.10. The van der Waals surface area contributed by atoms with Gasteiger partial charge in [0.15, 0.2) is 0 Å². The van der Waals surface area contributed by atoms with Crippen LogP contribution in [0.1, 0.15) is 23.2 Å². The molecule has 0 bridgehead atoms.